The normalized spacial score (nSPS) is 23.7. The standard InChI is InChI=1S/C17H23NO3/c1-21-15-6-2-4-13(10-15)11-16(19)18-9-3-5-14(12-18)17(20)7-8-17/h2,4,6,10,14,20H,3,5,7-9,11-12H2,1H3. The highest BCUT2D eigenvalue weighted by Gasteiger charge is 2.48. The van der Waals surface area contributed by atoms with Crippen LogP contribution in [0.2, 0.25) is 0 Å². The molecule has 1 saturated carbocycles. The first-order valence-electron chi connectivity index (χ1n) is 7.74. The van der Waals surface area contributed by atoms with Crippen molar-refractivity contribution < 1.29 is 14.6 Å². The van der Waals surface area contributed by atoms with Crippen molar-refractivity contribution in [2.75, 3.05) is 20.2 Å². The first-order valence-corrected chi connectivity index (χ1v) is 7.74. The lowest BCUT2D eigenvalue weighted by Gasteiger charge is -2.35. The van der Waals surface area contributed by atoms with Gasteiger partial charge in [-0.15, -0.1) is 0 Å². The minimum absolute atomic E-state index is 0.150. The molecular formula is C17H23NO3. The van der Waals surface area contributed by atoms with Crippen molar-refractivity contribution in [2.24, 2.45) is 5.92 Å². The van der Waals surface area contributed by atoms with Crippen LogP contribution in [0.3, 0.4) is 0 Å². The van der Waals surface area contributed by atoms with E-state index in [-0.39, 0.29) is 11.8 Å². The lowest BCUT2D eigenvalue weighted by atomic mass is 9.90. The number of nitrogens with zero attached hydrogens (tertiary/aromatic N) is 1. The molecule has 1 saturated heterocycles. The van der Waals surface area contributed by atoms with Gasteiger partial charge in [-0.3, -0.25) is 4.79 Å². The molecule has 2 fully saturated rings. The highest BCUT2D eigenvalue weighted by atomic mass is 16.5. The third kappa shape index (κ3) is 3.21. The summed E-state index contributed by atoms with van der Waals surface area (Å²) >= 11 is 0. The second kappa shape index (κ2) is 5.68. The maximum absolute atomic E-state index is 12.5. The second-order valence-electron chi connectivity index (χ2n) is 6.31. The van der Waals surface area contributed by atoms with Crippen LogP contribution in [-0.4, -0.2) is 41.7 Å². The maximum Gasteiger partial charge on any atom is 0.227 e. The molecule has 1 aliphatic carbocycles. The summed E-state index contributed by atoms with van der Waals surface area (Å²) in [4.78, 5) is 14.4. The van der Waals surface area contributed by atoms with Gasteiger partial charge >= 0.3 is 0 Å². The topological polar surface area (TPSA) is 49.8 Å². The molecule has 4 heteroatoms. The number of aliphatic hydroxyl groups is 1. The number of benzene rings is 1. The Balaban J connectivity index is 1.61. The summed E-state index contributed by atoms with van der Waals surface area (Å²) in [6.45, 7) is 1.52. The molecule has 2 aliphatic rings. The van der Waals surface area contributed by atoms with Crippen LogP contribution in [0, 0.1) is 5.92 Å². The zero-order valence-corrected chi connectivity index (χ0v) is 12.5. The molecule has 1 unspecified atom stereocenters. The molecule has 0 bridgehead atoms. The maximum atomic E-state index is 12.5. The minimum atomic E-state index is -0.477. The lowest BCUT2D eigenvalue weighted by molar-refractivity contribution is -0.133. The molecule has 4 nitrogen and oxygen atoms in total. The summed E-state index contributed by atoms with van der Waals surface area (Å²) in [6.07, 6.45) is 4.24. The molecule has 0 spiro atoms. The smallest absolute Gasteiger partial charge is 0.227 e. The van der Waals surface area contributed by atoms with Crippen molar-refractivity contribution in [2.45, 2.75) is 37.7 Å². The molecule has 0 radical (unpaired) electrons. The fourth-order valence-electron chi connectivity index (χ4n) is 3.25. The number of likely N-dealkylation sites (tertiary alicyclic amines) is 1. The summed E-state index contributed by atoms with van der Waals surface area (Å²) < 4.78 is 5.19. The number of hydrogen-bond acceptors (Lipinski definition) is 3. The van der Waals surface area contributed by atoms with E-state index in [2.05, 4.69) is 0 Å². The number of methoxy groups -OCH3 is 1. The van der Waals surface area contributed by atoms with Crippen molar-refractivity contribution >= 4 is 5.91 Å². The van der Waals surface area contributed by atoms with Crippen LogP contribution in [0.15, 0.2) is 24.3 Å². The average Bonchev–Trinajstić information content (AvgIpc) is 3.27. The average molecular weight is 289 g/mol. The van der Waals surface area contributed by atoms with Gasteiger partial charge in [0, 0.05) is 19.0 Å². The van der Waals surface area contributed by atoms with Crippen LogP contribution in [0.1, 0.15) is 31.2 Å². The molecule has 1 atom stereocenters. The molecular weight excluding hydrogens is 266 g/mol. The molecule has 1 aliphatic heterocycles. The van der Waals surface area contributed by atoms with Gasteiger partial charge in [-0.2, -0.15) is 0 Å². The molecule has 1 aromatic rings. The lowest BCUT2D eigenvalue weighted by Crippen LogP contribution is -2.44. The van der Waals surface area contributed by atoms with E-state index < -0.39 is 5.60 Å². The second-order valence-corrected chi connectivity index (χ2v) is 6.31. The number of amides is 1. The van der Waals surface area contributed by atoms with Gasteiger partial charge in [0.1, 0.15) is 5.75 Å². The molecule has 1 heterocycles. The molecule has 0 aromatic heterocycles. The zero-order valence-electron chi connectivity index (χ0n) is 12.5. The van der Waals surface area contributed by atoms with Crippen LogP contribution in [-0.2, 0) is 11.2 Å². The van der Waals surface area contributed by atoms with Crippen molar-refractivity contribution in [3.63, 3.8) is 0 Å². The number of hydrogen-bond donors (Lipinski definition) is 1. The molecule has 1 amide bonds. The largest absolute Gasteiger partial charge is 0.497 e. The Morgan fingerprint density at radius 1 is 1.48 bits per heavy atom. The fourth-order valence-corrected chi connectivity index (χ4v) is 3.25. The molecule has 21 heavy (non-hydrogen) atoms. The Labute approximate surface area is 125 Å². The van der Waals surface area contributed by atoms with Crippen LogP contribution >= 0.6 is 0 Å². The number of carbonyl (C=O) groups is 1. The predicted octanol–water partition coefficient (Wildman–Crippen LogP) is 2.00. The van der Waals surface area contributed by atoms with Crippen LogP contribution in [0.5, 0.6) is 5.75 Å². The highest BCUT2D eigenvalue weighted by molar-refractivity contribution is 5.79. The predicted molar refractivity (Wildman–Crippen MR) is 80.2 cm³/mol. The summed E-state index contributed by atoms with van der Waals surface area (Å²) in [5.74, 6) is 1.20. The summed E-state index contributed by atoms with van der Waals surface area (Å²) in [6, 6.07) is 7.66. The Hall–Kier alpha value is -1.55. The first-order chi connectivity index (χ1) is 10.1. The quantitative estimate of drug-likeness (QED) is 0.922. The van der Waals surface area contributed by atoms with Gasteiger partial charge in [-0.25, -0.2) is 0 Å². The third-order valence-corrected chi connectivity index (χ3v) is 4.79. The molecule has 1 aromatic carbocycles. The Morgan fingerprint density at radius 3 is 3.00 bits per heavy atom. The van der Waals surface area contributed by atoms with Gasteiger partial charge < -0.3 is 14.7 Å². The van der Waals surface area contributed by atoms with E-state index in [4.69, 9.17) is 4.74 Å². The van der Waals surface area contributed by atoms with E-state index in [0.717, 1.165) is 43.5 Å². The Kier molecular flexibility index (Phi) is 3.89. The molecule has 3 rings (SSSR count). The minimum Gasteiger partial charge on any atom is -0.497 e. The summed E-state index contributed by atoms with van der Waals surface area (Å²) in [5.41, 5.74) is 0.501. The Bertz CT molecular complexity index is 525. The first kappa shape index (κ1) is 14.4. The third-order valence-electron chi connectivity index (χ3n) is 4.79. The highest BCUT2D eigenvalue weighted by Crippen LogP contribution is 2.45. The van der Waals surface area contributed by atoms with E-state index in [0.29, 0.717) is 13.0 Å². The van der Waals surface area contributed by atoms with Gasteiger partial charge in [-0.05, 0) is 43.4 Å². The van der Waals surface area contributed by atoms with Crippen molar-refractivity contribution in [1.29, 1.82) is 0 Å². The van der Waals surface area contributed by atoms with E-state index in [1.54, 1.807) is 7.11 Å². The Morgan fingerprint density at radius 2 is 2.29 bits per heavy atom. The van der Waals surface area contributed by atoms with Crippen LogP contribution in [0.25, 0.3) is 0 Å². The van der Waals surface area contributed by atoms with Crippen molar-refractivity contribution in [3.05, 3.63) is 29.8 Å². The van der Waals surface area contributed by atoms with Crippen molar-refractivity contribution in [1.82, 2.24) is 4.90 Å². The SMILES string of the molecule is COc1cccc(CC(=O)N2CCCC(C3(O)CC3)C2)c1. The number of ether oxygens (including phenoxy) is 1. The zero-order chi connectivity index (χ0) is 14.9. The van der Waals surface area contributed by atoms with Crippen LogP contribution in [0.4, 0.5) is 0 Å². The van der Waals surface area contributed by atoms with Gasteiger partial charge in [0.2, 0.25) is 5.91 Å². The number of carbonyl (C=O) groups excluding carboxylic acids is 1. The van der Waals surface area contributed by atoms with Gasteiger partial charge in [0.05, 0.1) is 19.1 Å². The van der Waals surface area contributed by atoms with Gasteiger partial charge in [-0.1, -0.05) is 12.1 Å². The van der Waals surface area contributed by atoms with Crippen molar-refractivity contribution in [3.8, 4) is 5.75 Å². The summed E-state index contributed by atoms with van der Waals surface area (Å²) in [7, 11) is 1.63. The van der Waals surface area contributed by atoms with Crippen LogP contribution < -0.4 is 4.74 Å². The number of rotatable bonds is 4. The summed E-state index contributed by atoms with van der Waals surface area (Å²) in [5, 5.41) is 10.3. The number of piperidine rings is 1. The van der Waals surface area contributed by atoms with E-state index in [1.165, 1.54) is 0 Å². The van der Waals surface area contributed by atoms with Gasteiger partial charge in [0.25, 0.3) is 0 Å². The van der Waals surface area contributed by atoms with E-state index >= 15 is 0 Å². The van der Waals surface area contributed by atoms with E-state index in [9.17, 15) is 9.90 Å². The van der Waals surface area contributed by atoms with Gasteiger partial charge in [0.15, 0.2) is 0 Å². The molecule has 114 valence electrons. The molecule has 1 N–H and O–H groups in total. The van der Waals surface area contributed by atoms with E-state index in [1.807, 2.05) is 29.2 Å². The fraction of sp³-hybridized carbons (Fsp3) is 0.588. The monoisotopic (exact) mass is 289 g/mol.